The van der Waals surface area contributed by atoms with E-state index in [0.29, 0.717) is 12.8 Å². The first-order valence-electron chi connectivity index (χ1n) is 26.1. The number of allylic oxidation sites excluding steroid dienone is 23. The van der Waals surface area contributed by atoms with E-state index in [1.54, 1.807) is 6.08 Å². The Morgan fingerprint density at radius 3 is 1.41 bits per heavy atom. The van der Waals surface area contributed by atoms with Crippen molar-refractivity contribution in [3.05, 3.63) is 146 Å². The minimum atomic E-state index is -1.59. The highest BCUT2D eigenvalue weighted by molar-refractivity contribution is 5.76. The van der Waals surface area contributed by atoms with E-state index in [1.807, 2.05) is 6.08 Å². The Bertz CT molecular complexity index is 1560. The van der Waals surface area contributed by atoms with Crippen molar-refractivity contribution >= 4 is 5.91 Å². The summed E-state index contributed by atoms with van der Waals surface area (Å²) >= 11 is 0. The quantitative estimate of drug-likeness (QED) is 0.0262. The first-order chi connectivity index (χ1) is 33.3. The molecule has 0 saturated carbocycles. The third-order valence-corrected chi connectivity index (χ3v) is 11.1. The van der Waals surface area contributed by atoms with Crippen molar-refractivity contribution < 1.29 is 39.8 Å². The maximum atomic E-state index is 13.0. The number of amides is 1. The minimum Gasteiger partial charge on any atom is -0.394 e. The van der Waals surface area contributed by atoms with Gasteiger partial charge in [-0.1, -0.05) is 192 Å². The minimum absolute atomic E-state index is 0.240. The molecular weight excluding hydrogens is 851 g/mol. The summed E-state index contributed by atoms with van der Waals surface area (Å²) in [5.74, 6) is -0.257. The Labute approximate surface area is 413 Å². The Morgan fingerprint density at radius 1 is 0.515 bits per heavy atom. The van der Waals surface area contributed by atoms with Crippen molar-refractivity contribution in [1.82, 2.24) is 5.32 Å². The second-order valence-corrected chi connectivity index (χ2v) is 17.2. The summed E-state index contributed by atoms with van der Waals surface area (Å²) in [7, 11) is 0. The van der Waals surface area contributed by atoms with Gasteiger partial charge in [-0.05, 0) is 109 Å². The van der Waals surface area contributed by atoms with E-state index in [2.05, 4.69) is 153 Å². The van der Waals surface area contributed by atoms with Gasteiger partial charge in [0.1, 0.15) is 24.4 Å². The van der Waals surface area contributed by atoms with Crippen molar-refractivity contribution in [1.29, 1.82) is 0 Å². The lowest BCUT2D eigenvalue weighted by Crippen LogP contribution is -2.60. The number of aliphatic hydroxyl groups excluding tert-OH is 5. The molecule has 1 amide bonds. The Kier molecular flexibility index (Phi) is 42.7. The van der Waals surface area contributed by atoms with Crippen LogP contribution in [0.5, 0.6) is 0 Å². The van der Waals surface area contributed by atoms with Gasteiger partial charge < -0.3 is 40.3 Å². The third-order valence-electron chi connectivity index (χ3n) is 11.1. The van der Waals surface area contributed by atoms with E-state index < -0.39 is 49.5 Å². The second kappa shape index (κ2) is 46.8. The van der Waals surface area contributed by atoms with Crippen molar-refractivity contribution in [2.45, 2.75) is 204 Å². The van der Waals surface area contributed by atoms with Crippen LogP contribution in [0.2, 0.25) is 0 Å². The van der Waals surface area contributed by atoms with Crippen LogP contribution in [-0.4, -0.2) is 87.5 Å². The normalized spacial score (nSPS) is 20.8. The molecule has 0 aromatic rings. The fourth-order valence-electron chi connectivity index (χ4n) is 7.01. The van der Waals surface area contributed by atoms with Crippen LogP contribution in [-0.2, 0) is 14.3 Å². The van der Waals surface area contributed by atoms with Crippen molar-refractivity contribution in [2.75, 3.05) is 13.2 Å². The molecule has 1 aliphatic rings. The average Bonchev–Trinajstić information content (AvgIpc) is 3.34. The van der Waals surface area contributed by atoms with E-state index >= 15 is 0 Å². The summed E-state index contributed by atoms with van der Waals surface area (Å²) in [5, 5.41) is 54.2. The van der Waals surface area contributed by atoms with Crippen molar-refractivity contribution in [2.24, 2.45) is 0 Å². The van der Waals surface area contributed by atoms with Gasteiger partial charge in [0.05, 0.1) is 25.4 Å². The Hall–Kier alpha value is -3.93. The van der Waals surface area contributed by atoms with E-state index in [9.17, 15) is 30.3 Å². The predicted molar refractivity (Wildman–Crippen MR) is 285 cm³/mol. The van der Waals surface area contributed by atoms with Crippen molar-refractivity contribution in [3.8, 4) is 0 Å². The fraction of sp³-hybridized carbons (Fsp3) is 0.576. The summed E-state index contributed by atoms with van der Waals surface area (Å²) in [4.78, 5) is 13.0. The zero-order valence-corrected chi connectivity index (χ0v) is 42.0. The van der Waals surface area contributed by atoms with Gasteiger partial charge in [-0.3, -0.25) is 4.79 Å². The molecule has 382 valence electrons. The van der Waals surface area contributed by atoms with Crippen LogP contribution in [0, 0.1) is 0 Å². The third kappa shape index (κ3) is 36.1. The molecule has 1 fully saturated rings. The highest BCUT2D eigenvalue weighted by Crippen LogP contribution is 2.22. The van der Waals surface area contributed by atoms with Crippen LogP contribution >= 0.6 is 0 Å². The van der Waals surface area contributed by atoms with Gasteiger partial charge >= 0.3 is 0 Å². The van der Waals surface area contributed by atoms with Crippen LogP contribution in [0.15, 0.2) is 146 Å². The van der Waals surface area contributed by atoms with E-state index in [0.717, 1.165) is 89.9 Å². The summed E-state index contributed by atoms with van der Waals surface area (Å²) in [6.07, 6.45) is 66.1. The molecule has 68 heavy (non-hydrogen) atoms. The zero-order chi connectivity index (χ0) is 49.4. The van der Waals surface area contributed by atoms with Gasteiger partial charge in [0.15, 0.2) is 6.29 Å². The van der Waals surface area contributed by atoms with Gasteiger partial charge in [-0.2, -0.15) is 0 Å². The van der Waals surface area contributed by atoms with Gasteiger partial charge in [0.25, 0.3) is 0 Å². The molecule has 0 spiro atoms. The lowest BCUT2D eigenvalue weighted by atomic mass is 9.99. The molecule has 0 radical (unpaired) electrons. The number of hydrogen-bond donors (Lipinski definition) is 6. The fourth-order valence-corrected chi connectivity index (χ4v) is 7.01. The molecule has 1 aliphatic heterocycles. The molecule has 6 N–H and O–H groups in total. The lowest BCUT2D eigenvalue weighted by Gasteiger charge is -2.40. The van der Waals surface area contributed by atoms with Gasteiger partial charge in [-0.25, -0.2) is 0 Å². The smallest absolute Gasteiger partial charge is 0.220 e. The average molecular weight is 944 g/mol. The largest absolute Gasteiger partial charge is 0.394 e. The number of hydrogen-bond acceptors (Lipinski definition) is 8. The van der Waals surface area contributed by atoms with Gasteiger partial charge in [0.2, 0.25) is 5.91 Å². The van der Waals surface area contributed by atoms with E-state index in [4.69, 9.17) is 9.47 Å². The molecule has 0 aromatic carbocycles. The first-order valence-corrected chi connectivity index (χ1v) is 26.1. The summed E-state index contributed by atoms with van der Waals surface area (Å²) in [6.45, 7) is 3.57. The second-order valence-electron chi connectivity index (χ2n) is 17.2. The number of ether oxygens (including phenoxy) is 2. The summed E-state index contributed by atoms with van der Waals surface area (Å²) < 4.78 is 11.2. The van der Waals surface area contributed by atoms with Gasteiger partial charge in [-0.15, -0.1) is 0 Å². The van der Waals surface area contributed by atoms with Crippen molar-refractivity contribution in [3.63, 3.8) is 0 Å². The molecular formula is C59H93NO8. The maximum absolute atomic E-state index is 13.0. The Balaban J connectivity index is 2.37. The van der Waals surface area contributed by atoms with E-state index in [1.165, 1.54) is 38.5 Å². The number of carbonyl (C=O) groups excluding carboxylic acids is 1. The molecule has 1 heterocycles. The molecule has 1 rings (SSSR count). The van der Waals surface area contributed by atoms with Crippen LogP contribution < -0.4 is 5.32 Å². The number of carbonyl (C=O) groups is 1. The maximum Gasteiger partial charge on any atom is 0.220 e. The van der Waals surface area contributed by atoms with Gasteiger partial charge in [0, 0.05) is 6.42 Å². The topological polar surface area (TPSA) is 149 Å². The van der Waals surface area contributed by atoms with Crippen LogP contribution in [0.4, 0.5) is 0 Å². The SMILES string of the molecule is CC/C=C\C/C=C\C/C=C\C/C=C\C/C=C\C/C=C\C/C=C\C/C=C\C/C=C\CCCC(=O)NC(COC1OC(CO)C(O)C(O)C1O)C(O)/C=C/CC/C=C/CC/C=C/CCCCCCCC. The number of rotatable bonds is 41. The highest BCUT2D eigenvalue weighted by atomic mass is 16.7. The van der Waals surface area contributed by atoms with Crippen LogP contribution in [0.3, 0.4) is 0 Å². The lowest BCUT2D eigenvalue weighted by molar-refractivity contribution is -0.302. The first kappa shape index (κ1) is 62.1. The summed E-state index contributed by atoms with van der Waals surface area (Å²) in [5.41, 5.74) is 0. The molecule has 0 aliphatic carbocycles. The standard InChI is InChI=1S/C59H93NO8/c1-3-5-7-9-11-13-15-17-19-21-22-23-24-25-26-27-28-29-30-31-32-33-35-37-39-41-43-45-47-49-55(63)60-52(51-67-59-58(66)57(65)56(64)54(50-61)68-59)53(62)48-46-44-42-40-38-36-34-20-18-16-14-12-10-8-6-4-2/h5,7,11,13,17-20,22-23,25-26,28-29,31-32,35,37-38,40-41,43,46,48,52-54,56-59,61-62,64-66H,3-4,6,8-10,12,14-16,21,24,27,30,33-34,36,39,42,44-45,47,49-51H2,1-2H3,(H,60,63)/b7-5-,13-11-,19-17-,20-18+,23-22-,26-25-,29-28-,32-31-,37-35-,40-38+,43-41-,48-46+. The highest BCUT2D eigenvalue weighted by Gasteiger charge is 2.44. The summed E-state index contributed by atoms with van der Waals surface area (Å²) in [6, 6.07) is -0.870. The van der Waals surface area contributed by atoms with E-state index in [-0.39, 0.29) is 18.9 Å². The number of aliphatic hydroxyl groups is 5. The molecule has 7 unspecified atom stereocenters. The zero-order valence-electron chi connectivity index (χ0n) is 42.0. The Morgan fingerprint density at radius 2 is 0.926 bits per heavy atom. The molecule has 9 heteroatoms. The van der Waals surface area contributed by atoms with Crippen LogP contribution in [0.1, 0.15) is 162 Å². The number of nitrogens with one attached hydrogen (secondary N) is 1. The predicted octanol–water partition coefficient (Wildman–Crippen LogP) is 12.3. The molecule has 0 aromatic heterocycles. The molecule has 9 nitrogen and oxygen atoms in total. The van der Waals surface area contributed by atoms with Crippen LogP contribution in [0.25, 0.3) is 0 Å². The molecule has 7 atom stereocenters. The number of unbranched alkanes of at least 4 members (excludes halogenated alkanes) is 9. The molecule has 1 saturated heterocycles. The monoisotopic (exact) mass is 944 g/mol. The molecule has 0 bridgehead atoms.